The molecule has 0 unspecified atom stereocenters. The minimum absolute atomic E-state index is 1.15. The first-order valence-electron chi connectivity index (χ1n) is 20.0. The van der Waals surface area contributed by atoms with E-state index in [1.54, 1.807) is 0 Å². The van der Waals surface area contributed by atoms with E-state index in [1.807, 2.05) is 0 Å². The Bertz CT molecular complexity index is 3530. The summed E-state index contributed by atoms with van der Waals surface area (Å²) in [5.74, 6) is 0. The van der Waals surface area contributed by atoms with Gasteiger partial charge in [0, 0.05) is 32.9 Å². The Morgan fingerprint density at radius 2 is 0.690 bits per heavy atom. The lowest BCUT2D eigenvalue weighted by Gasteiger charge is -2.13. The van der Waals surface area contributed by atoms with E-state index in [4.69, 9.17) is 0 Å². The van der Waals surface area contributed by atoms with Gasteiger partial charge in [0.25, 0.3) is 0 Å². The third-order valence-corrected chi connectivity index (χ3v) is 12.1. The van der Waals surface area contributed by atoms with Gasteiger partial charge in [-0.05, 0) is 116 Å². The highest BCUT2D eigenvalue weighted by Gasteiger charge is 2.16. The lowest BCUT2D eigenvalue weighted by atomic mass is 9.93. The molecule has 12 aromatic rings. The minimum Gasteiger partial charge on any atom is -0.309 e. The van der Waals surface area contributed by atoms with Crippen LogP contribution in [0.5, 0.6) is 0 Å². The second-order valence-electron chi connectivity index (χ2n) is 15.3. The lowest BCUT2D eigenvalue weighted by Crippen LogP contribution is -1.94. The maximum atomic E-state index is 2.41. The van der Waals surface area contributed by atoms with E-state index < -0.39 is 0 Å². The van der Waals surface area contributed by atoms with Crippen molar-refractivity contribution in [3.8, 4) is 44.8 Å². The monoisotopic (exact) mass is 736 g/mol. The van der Waals surface area contributed by atoms with E-state index in [1.165, 1.54) is 104 Å². The summed E-state index contributed by atoms with van der Waals surface area (Å²) in [5.41, 5.74) is 14.5. The van der Waals surface area contributed by atoms with Crippen LogP contribution in [0.25, 0.3) is 110 Å². The van der Waals surface area contributed by atoms with Gasteiger partial charge in [0.15, 0.2) is 0 Å². The molecule has 0 aliphatic rings. The number of hydrogen-bond donors (Lipinski definition) is 0. The van der Waals surface area contributed by atoms with E-state index >= 15 is 0 Å². The largest absolute Gasteiger partial charge is 0.309 e. The normalized spacial score (nSPS) is 11.8. The Balaban J connectivity index is 0.912. The van der Waals surface area contributed by atoms with Gasteiger partial charge < -0.3 is 9.13 Å². The fourth-order valence-electron chi connectivity index (χ4n) is 9.37. The Labute approximate surface area is 336 Å². The molecule has 2 heteroatoms. The van der Waals surface area contributed by atoms with Crippen LogP contribution in [0.3, 0.4) is 0 Å². The molecule has 0 spiro atoms. The number of rotatable bonds is 5. The number of hydrogen-bond acceptors (Lipinski definition) is 0. The number of nitrogens with zero attached hydrogens (tertiary/aromatic N) is 2. The van der Waals surface area contributed by atoms with E-state index in [0.717, 1.165) is 5.69 Å². The van der Waals surface area contributed by atoms with Crippen molar-refractivity contribution < 1.29 is 0 Å². The first-order chi connectivity index (χ1) is 28.8. The third-order valence-electron chi connectivity index (χ3n) is 12.1. The van der Waals surface area contributed by atoms with Crippen LogP contribution < -0.4 is 0 Å². The zero-order valence-corrected chi connectivity index (χ0v) is 31.7. The van der Waals surface area contributed by atoms with E-state index in [2.05, 4.69) is 228 Å². The molecule has 0 amide bonds. The molecule has 2 aromatic heterocycles. The number of benzene rings is 10. The summed E-state index contributed by atoms with van der Waals surface area (Å²) in [7, 11) is 0. The third kappa shape index (κ3) is 5.05. The molecular weight excluding hydrogens is 701 g/mol. The molecule has 0 bridgehead atoms. The van der Waals surface area contributed by atoms with Gasteiger partial charge in [-0.1, -0.05) is 158 Å². The summed E-state index contributed by atoms with van der Waals surface area (Å²) in [6.07, 6.45) is 0. The van der Waals surface area contributed by atoms with Crippen LogP contribution in [0, 0.1) is 0 Å². The van der Waals surface area contributed by atoms with E-state index in [0.29, 0.717) is 0 Å². The molecular formula is C56H36N2. The Hall–Kier alpha value is -7.68. The van der Waals surface area contributed by atoms with Crippen molar-refractivity contribution in [1.29, 1.82) is 0 Å². The van der Waals surface area contributed by atoms with E-state index in [9.17, 15) is 0 Å². The molecule has 0 aliphatic heterocycles. The van der Waals surface area contributed by atoms with Crippen molar-refractivity contribution in [3.63, 3.8) is 0 Å². The average molecular weight is 737 g/mol. The number of aromatic nitrogens is 2. The summed E-state index contributed by atoms with van der Waals surface area (Å²) in [5, 5.41) is 10.2. The molecule has 0 saturated heterocycles. The van der Waals surface area contributed by atoms with Crippen LogP contribution in [0.4, 0.5) is 0 Å². The molecule has 10 aromatic carbocycles. The molecule has 0 fully saturated rings. The van der Waals surface area contributed by atoms with Crippen molar-refractivity contribution in [2.75, 3.05) is 0 Å². The van der Waals surface area contributed by atoms with Gasteiger partial charge in [-0.3, -0.25) is 0 Å². The van der Waals surface area contributed by atoms with Gasteiger partial charge in [-0.25, -0.2) is 0 Å². The first-order valence-corrected chi connectivity index (χ1v) is 20.0. The summed E-state index contributed by atoms with van der Waals surface area (Å²) >= 11 is 0. The van der Waals surface area contributed by atoms with Gasteiger partial charge >= 0.3 is 0 Å². The van der Waals surface area contributed by atoms with Gasteiger partial charge in [0.05, 0.1) is 22.1 Å². The number of fused-ring (bicyclic) bond motifs is 9. The van der Waals surface area contributed by atoms with Gasteiger partial charge in [-0.2, -0.15) is 0 Å². The Morgan fingerprint density at radius 3 is 1.41 bits per heavy atom. The minimum atomic E-state index is 1.15. The topological polar surface area (TPSA) is 9.86 Å². The summed E-state index contributed by atoms with van der Waals surface area (Å²) in [6.45, 7) is 0. The zero-order valence-electron chi connectivity index (χ0n) is 31.7. The molecule has 0 aliphatic carbocycles. The fourth-order valence-corrected chi connectivity index (χ4v) is 9.37. The number of para-hydroxylation sites is 3. The Morgan fingerprint density at radius 1 is 0.224 bits per heavy atom. The van der Waals surface area contributed by atoms with Crippen LogP contribution >= 0.6 is 0 Å². The summed E-state index contributed by atoms with van der Waals surface area (Å²) in [4.78, 5) is 0. The predicted octanol–water partition coefficient (Wildman–Crippen LogP) is 15.2. The molecule has 12 rings (SSSR count). The quantitative estimate of drug-likeness (QED) is 0.156. The average Bonchev–Trinajstić information content (AvgIpc) is 3.81. The molecule has 0 saturated carbocycles. The predicted molar refractivity (Wildman–Crippen MR) is 246 cm³/mol. The molecule has 0 radical (unpaired) electrons. The van der Waals surface area contributed by atoms with Crippen LogP contribution in [0.2, 0.25) is 0 Å². The van der Waals surface area contributed by atoms with Crippen molar-refractivity contribution >= 4 is 65.2 Å². The highest BCUT2D eigenvalue weighted by molar-refractivity contribution is 6.14. The van der Waals surface area contributed by atoms with Crippen molar-refractivity contribution in [3.05, 3.63) is 218 Å². The van der Waals surface area contributed by atoms with Crippen LogP contribution in [-0.4, -0.2) is 9.13 Å². The fraction of sp³-hybridized carbons (Fsp3) is 0. The van der Waals surface area contributed by atoms with Crippen molar-refractivity contribution in [2.24, 2.45) is 0 Å². The molecule has 2 nitrogen and oxygen atoms in total. The van der Waals surface area contributed by atoms with Crippen LogP contribution in [-0.2, 0) is 0 Å². The highest BCUT2D eigenvalue weighted by atomic mass is 15.0. The maximum Gasteiger partial charge on any atom is 0.0547 e. The van der Waals surface area contributed by atoms with Crippen molar-refractivity contribution in [2.45, 2.75) is 0 Å². The van der Waals surface area contributed by atoms with Gasteiger partial charge in [0.2, 0.25) is 0 Å². The lowest BCUT2D eigenvalue weighted by molar-refractivity contribution is 1.18. The molecule has 2 heterocycles. The molecule has 270 valence electrons. The van der Waals surface area contributed by atoms with Gasteiger partial charge in [0.1, 0.15) is 0 Å². The molecule has 58 heavy (non-hydrogen) atoms. The second kappa shape index (κ2) is 12.9. The molecule has 0 atom stereocenters. The zero-order chi connectivity index (χ0) is 38.2. The second-order valence-corrected chi connectivity index (χ2v) is 15.3. The van der Waals surface area contributed by atoms with E-state index in [-0.39, 0.29) is 0 Å². The van der Waals surface area contributed by atoms with Crippen LogP contribution in [0.1, 0.15) is 0 Å². The summed E-state index contributed by atoms with van der Waals surface area (Å²) in [6, 6.07) is 79.9. The standard InChI is InChI=1S/C56H36N2/c1-2-13-43(14-3-1)58-53-20-10-8-18-48(53)50-32-28-41(36-56(50)58)38-24-22-37(23-25-38)40-29-33-55-52(34-40)49-19-9-11-21-54(49)57(55)44-30-26-39(27-31-44)51-35-42-12-4-5-15-45(42)46-16-6-7-17-47(46)51/h1-36H. The smallest absolute Gasteiger partial charge is 0.0547 e. The Kier molecular flexibility index (Phi) is 7.26. The maximum absolute atomic E-state index is 2.41. The summed E-state index contributed by atoms with van der Waals surface area (Å²) < 4.78 is 4.79. The van der Waals surface area contributed by atoms with Gasteiger partial charge in [-0.15, -0.1) is 0 Å². The van der Waals surface area contributed by atoms with Crippen LogP contribution in [0.15, 0.2) is 218 Å². The highest BCUT2D eigenvalue weighted by Crippen LogP contribution is 2.39. The molecule has 0 N–H and O–H groups in total. The van der Waals surface area contributed by atoms with Crippen molar-refractivity contribution in [1.82, 2.24) is 9.13 Å². The SMILES string of the molecule is c1ccc(-n2c3ccccc3c3ccc(-c4ccc(-c5ccc6c(c5)c5ccccc5n6-c5ccc(-c6cc7ccccc7c7ccccc67)cc5)cc4)cc32)cc1. The first kappa shape index (κ1) is 32.6.